The first-order valence-corrected chi connectivity index (χ1v) is 15.9. The predicted octanol–water partition coefficient (Wildman–Crippen LogP) is 6.37. The summed E-state index contributed by atoms with van der Waals surface area (Å²) in [5.74, 6) is 0.432. The normalized spacial score (nSPS) is 21.1. The summed E-state index contributed by atoms with van der Waals surface area (Å²) in [5, 5.41) is 4.53. The third-order valence-corrected chi connectivity index (χ3v) is 11.2. The zero-order valence-corrected chi connectivity index (χ0v) is 24.7. The number of piperidine rings is 1. The molecule has 3 heterocycles. The molecule has 1 spiro atoms. The molecule has 1 unspecified atom stereocenters. The Morgan fingerprint density at radius 1 is 1.13 bits per heavy atom. The van der Waals surface area contributed by atoms with Gasteiger partial charge in [-0.1, -0.05) is 24.4 Å². The Labute approximate surface area is 237 Å². The van der Waals surface area contributed by atoms with E-state index in [1.165, 1.54) is 12.8 Å². The average molecular weight is 568 g/mol. The van der Waals surface area contributed by atoms with Crippen LogP contribution in [0.5, 0.6) is 0 Å². The summed E-state index contributed by atoms with van der Waals surface area (Å²) >= 11 is 6.27. The minimum Gasteiger partial charge on any atom is -0.324 e. The summed E-state index contributed by atoms with van der Waals surface area (Å²) in [7, 11) is -1.00. The third kappa shape index (κ3) is 5.16. The molecule has 2 saturated carbocycles. The van der Waals surface area contributed by atoms with Crippen molar-refractivity contribution in [3.05, 3.63) is 51.4 Å². The molecule has 1 aliphatic heterocycles. The highest BCUT2D eigenvalue weighted by Gasteiger charge is 2.48. The highest BCUT2D eigenvalue weighted by Crippen LogP contribution is 2.52. The second kappa shape index (κ2) is 10.6. The van der Waals surface area contributed by atoms with Gasteiger partial charge >= 0.3 is 0 Å². The van der Waals surface area contributed by atoms with Crippen LogP contribution in [0.25, 0.3) is 11.0 Å². The van der Waals surface area contributed by atoms with E-state index in [0.29, 0.717) is 23.1 Å². The number of nitrogens with zero attached hydrogens (tertiary/aromatic N) is 4. The van der Waals surface area contributed by atoms with E-state index >= 15 is 0 Å². The van der Waals surface area contributed by atoms with Gasteiger partial charge < -0.3 is 10.2 Å². The lowest BCUT2D eigenvalue weighted by molar-refractivity contribution is 0.0257. The molecule has 2 aliphatic carbocycles. The van der Waals surface area contributed by atoms with Gasteiger partial charge in [-0.25, -0.2) is 4.98 Å². The zero-order valence-electron chi connectivity index (χ0n) is 23.1. The first-order chi connectivity index (χ1) is 18.7. The number of anilines is 2. The predicted molar refractivity (Wildman–Crippen MR) is 159 cm³/mol. The van der Waals surface area contributed by atoms with Crippen LogP contribution >= 0.6 is 11.6 Å². The maximum Gasteiger partial charge on any atom is 0.271 e. The largest absolute Gasteiger partial charge is 0.324 e. The van der Waals surface area contributed by atoms with Gasteiger partial charge in [-0.05, 0) is 108 Å². The fraction of sp³-hybridized carbons (Fsp3) is 0.567. The summed E-state index contributed by atoms with van der Waals surface area (Å²) in [4.78, 5) is 25.6. The van der Waals surface area contributed by atoms with Gasteiger partial charge in [-0.3, -0.25) is 13.6 Å². The van der Waals surface area contributed by atoms with Gasteiger partial charge in [0.05, 0.1) is 10.8 Å². The summed E-state index contributed by atoms with van der Waals surface area (Å²) in [5.41, 5.74) is 2.69. The first kappa shape index (κ1) is 26.9. The van der Waals surface area contributed by atoms with E-state index in [1.807, 2.05) is 25.1 Å². The van der Waals surface area contributed by atoms with Gasteiger partial charge in [0.25, 0.3) is 5.56 Å². The van der Waals surface area contributed by atoms with Gasteiger partial charge in [0, 0.05) is 39.5 Å². The van der Waals surface area contributed by atoms with Gasteiger partial charge in [-0.15, -0.1) is 0 Å². The molecule has 1 N–H and O–H groups in total. The van der Waals surface area contributed by atoms with E-state index < -0.39 is 10.8 Å². The number of benzene rings is 1. The van der Waals surface area contributed by atoms with E-state index in [1.54, 1.807) is 16.8 Å². The van der Waals surface area contributed by atoms with Crippen LogP contribution in [0, 0.1) is 12.3 Å². The van der Waals surface area contributed by atoms with Crippen LogP contribution in [0.15, 0.2) is 40.2 Å². The van der Waals surface area contributed by atoms with Crippen LogP contribution in [-0.4, -0.2) is 48.0 Å². The highest BCUT2D eigenvalue weighted by atomic mass is 35.5. The number of fused-ring (bicyclic) bond motifs is 1. The van der Waals surface area contributed by atoms with Crippen molar-refractivity contribution in [1.29, 1.82) is 0 Å². The van der Waals surface area contributed by atoms with E-state index in [0.717, 1.165) is 73.1 Å². The number of aryl methyl sites for hydroxylation is 1. The molecule has 1 atom stereocenters. The van der Waals surface area contributed by atoms with Crippen LogP contribution in [-0.2, 0) is 10.8 Å². The quantitative estimate of drug-likeness (QED) is 0.373. The maximum atomic E-state index is 13.4. The van der Waals surface area contributed by atoms with E-state index in [4.69, 9.17) is 16.6 Å². The zero-order chi connectivity index (χ0) is 27.3. The third-order valence-electron chi connectivity index (χ3n) is 9.31. The smallest absolute Gasteiger partial charge is 0.271 e. The fourth-order valence-corrected chi connectivity index (χ4v) is 8.94. The summed E-state index contributed by atoms with van der Waals surface area (Å²) < 4.78 is 15.2. The monoisotopic (exact) mass is 567 g/mol. The lowest BCUT2D eigenvalue weighted by Gasteiger charge is -2.52. The average Bonchev–Trinajstić information content (AvgIpc) is 3.43. The van der Waals surface area contributed by atoms with E-state index in [9.17, 15) is 9.00 Å². The number of rotatable bonds is 6. The Morgan fingerprint density at radius 3 is 2.51 bits per heavy atom. The molecule has 0 amide bonds. The van der Waals surface area contributed by atoms with Gasteiger partial charge in [-0.2, -0.15) is 4.98 Å². The Bertz CT molecular complexity index is 1470. The van der Waals surface area contributed by atoms with Crippen molar-refractivity contribution in [2.24, 2.45) is 5.41 Å². The maximum absolute atomic E-state index is 13.4. The molecule has 0 radical (unpaired) electrons. The molecular formula is C30H38ClN5O2S. The van der Waals surface area contributed by atoms with Crippen molar-refractivity contribution in [2.45, 2.75) is 94.4 Å². The van der Waals surface area contributed by atoms with Gasteiger partial charge in [0.2, 0.25) is 5.95 Å². The molecule has 3 aromatic rings. The van der Waals surface area contributed by atoms with Crippen molar-refractivity contribution >= 4 is 45.1 Å². The number of aromatic nitrogens is 3. The van der Waals surface area contributed by atoms with E-state index in [2.05, 4.69) is 29.0 Å². The number of hydrogen-bond acceptors (Lipinski definition) is 6. The van der Waals surface area contributed by atoms with Crippen molar-refractivity contribution < 1.29 is 4.21 Å². The summed E-state index contributed by atoms with van der Waals surface area (Å²) in [6.07, 6.45) is 10.4. The van der Waals surface area contributed by atoms with Crippen LogP contribution in [0.3, 0.4) is 0 Å². The van der Waals surface area contributed by atoms with Crippen LogP contribution in [0.4, 0.5) is 11.6 Å². The number of pyridine rings is 1. The van der Waals surface area contributed by atoms with Crippen LogP contribution in [0.2, 0.25) is 5.02 Å². The molecular weight excluding hydrogens is 530 g/mol. The summed E-state index contributed by atoms with van der Waals surface area (Å²) in [6.45, 7) is 8.89. The summed E-state index contributed by atoms with van der Waals surface area (Å²) in [6, 6.07) is 8.34. The number of nitrogens with one attached hydrogen (secondary N) is 1. The molecule has 3 fully saturated rings. The Kier molecular flexibility index (Phi) is 7.31. The number of likely N-dealkylation sites (tertiary alicyclic amines) is 1. The molecule has 208 valence electrons. The highest BCUT2D eigenvalue weighted by molar-refractivity contribution is 7.85. The second-order valence-electron chi connectivity index (χ2n) is 12.1. The minimum absolute atomic E-state index is 0.117. The van der Waals surface area contributed by atoms with Crippen LogP contribution in [0.1, 0.15) is 76.8 Å². The number of halogens is 1. The topological polar surface area (TPSA) is 80.1 Å². The first-order valence-electron chi connectivity index (χ1n) is 14.3. The lowest BCUT2D eigenvalue weighted by Crippen LogP contribution is -2.51. The molecule has 1 aromatic carbocycles. The molecule has 0 bridgehead atoms. The molecule has 1 saturated heterocycles. The Hall–Kier alpha value is -2.29. The standard InChI is InChI=1S/C30H38ClN5O2S/c1-19(2)35-12-10-30(11-13-35)16-24(17-30)39(38)23-8-9-26(20(3)14-23)33-29-32-18-21-15-25(31)28(37)36(27(21)34-29)22-6-4-5-7-22/h8-9,14-15,18-19,22,24H,4-7,10-13,16-17H2,1-3H3,(H,32,33,34). The molecule has 9 heteroatoms. The Balaban J connectivity index is 1.17. The lowest BCUT2D eigenvalue weighted by atomic mass is 9.63. The molecule has 3 aliphatic rings. The van der Waals surface area contributed by atoms with Crippen LogP contribution < -0.4 is 10.9 Å². The van der Waals surface area contributed by atoms with Crippen molar-refractivity contribution in [3.63, 3.8) is 0 Å². The molecule has 7 nitrogen and oxygen atoms in total. The Morgan fingerprint density at radius 2 is 1.85 bits per heavy atom. The van der Waals surface area contributed by atoms with Gasteiger partial charge in [0.15, 0.2) is 0 Å². The van der Waals surface area contributed by atoms with E-state index in [-0.39, 0.29) is 21.9 Å². The van der Waals surface area contributed by atoms with Crippen molar-refractivity contribution in [3.8, 4) is 0 Å². The molecule has 6 rings (SSSR count). The second-order valence-corrected chi connectivity index (χ2v) is 14.3. The molecule has 39 heavy (non-hydrogen) atoms. The SMILES string of the molecule is Cc1cc(S(=O)C2CC3(CCN(C(C)C)CC3)C2)ccc1Nc1ncc2cc(Cl)c(=O)n(C3CCCC3)c2n1. The molecule has 2 aromatic heterocycles. The van der Waals surface area contributed by atoms with Crippen molar-refractivity contribution in [1.82, 2.24) is 19.4 Å². The number of hydrogen-bond donors (Lipinski definition) is 1. The fourth-order valence-electron chi connectivity index (χ4n) is 6.84. The minimum atomic E-state index is -1.00. The van der Waals surface area contributed by atoms with Crippen molar-refractivity contribution in [2.75, 3.05) is 18.4 Å². The van der Waals surface area contributed by atoms with Gasteiger partial charge in [0.1, 0.15) is 10.7 Å².